The first-order valence-electron chi connectivity index (χ1n) is 9.09. The van der Waals surface area contributed by atoms with Crippen LogP contribution in [-0.4, -0.2) is 49.7 Å². The van der Waals surface area contributed by atoms with Crippen molar-refractivity contribution in [2.75, 3.05) is 33.9 Å². The van der Waals surface area contributed by atoms with Gasteiger partial charge in [0.1, 0.15) is 0 Å². The summed E-state index contributed by atoms with van der Waals surface area (Å²) in [6.45, 7) is 5.27. The van der Waals surface area contributed by atoms with Crippen LogP contribution in [0, 0.1) is 6.92 Å². The van der Waals surface area contributed by atoms with Gasteiger partial charge in [0.05, 0.1) is 17.2 Å². The molecule has 0 amide bonds. The van der Waals surface area contributed by atoms with Gasteiger partial charge >= 0.3 is 0 Å². The topological polar surface area (TPSA) is 49.8 Å². The third kappa shape index (κ3) is 5.65. The van der Waals surface area contributed by atoms with Crippen LogP contribution in [0.5, 0.6) is 0 Å². The monoisotopic (exact) mass is 500 g/mol. The van der Waals surface area contributed by atoms with Crippen LogP contribution in [-0.2, 0) is 16.7 Å². The minimum absolute atomic E-state index is 0. The maximum atomic E-state index is 5.63. The number of nitrogens with one attached hydrogen (secondary N) is 1. The van der Waals surface area contributed by atoms with Gasteiger partial charge in [0.25, 0.3) is 0 Å². The number of benzene rings is 1. The molecule has 1 aromatic heterocycles. The first kappa shape index (κ1) is 22.1. The van der Waals surface area contributed by atoms with E-state index in [0.717, 1.165) is 55.8 Å². The van der Waals surface area contributed by atoms with Gasteiger partial charge < -0.3 is 15.0 Å². The Bertz CT molecular complexity index is 729. The van der Waals surface area contributed by atoms with Crippen molar-refractivity contribution in [2.45, 2.75) is 31.7 Å². The molecule has 1 saturated heterocycles. The molecule has 27 heavy (non-hydrogen) atoms. The molecule has 0 atom stereocenters. The fourth-order valence-corrected chi connectivity index (χ4v) is 4.16. The molecule has 0 spiro atoms. The van der Waals surface area contributed by atoms with Crippen LogP contribution in [0.15, 0.2) is 40.7 Å². The summed E-state index contributed by atoms with van der Waals surface area (Å²) in [6, 6.07) is 10.8. The number of aromatic nitrogens is 1. The predicted molar refractivity (Wildman–Crippen MR) is 123 cm³/mol. The van der Waals surface area contributed by atoms with E-state index < -0.39 is 0 Å². The fourth-order valence-electron chi connectivity index (χ4n) is 3.55. The number of guanidine groups is 1. The summed E-state index contributed by atoms with van der Waals surface area (Å²) in [5.41, 5.74) is 2.55. The van der Waals surface area contributed by atoms with Crippen LogP contribution in [0.4, 0.5) is 0 Å². The third-order valence-electron chi connectivity index (χ3n) is 5.06. The summed E-state index contributed by atoms with van der Waals surface area (Å²) in [6.07, 6.45) is 2.05. The Morgan fingerprint density at radius 1 is 1.30 bits per heavy atom. The van der Waals surface area contributed by atoms with E-state index in [0.29, 0.717) is 0 Å². The number of aryl methyl sites for hydroxylation is 1. The average Bonchev–Trinajstić information content (AvgIpc) is 3.08. The average molecular weight is 500 g/mol. The number of halogens is 1. The lowest BCUT2D eigenvalue weighted by molar-refractivity contribution is 0.0512. The quantitative estimate of drug-likeness (QED) is 0.385. The van der Waals surface area contributed by atoms with Gasteiger partial charge in [0.15, 0.2) is 5.96 Å². The van der Waals surface area contributed by atoms with Crippen molar-refractivity contribution in [1.82, 2.24) is 15.2 Å². The molecule has 0 aliphatic carbocycles. The van der Waals surface area contributed by atoms with Gasteiger partial charge in [-0.2, -0.15) is 0 Å². The van der Waals surface area contributed by atoms with Gasteiger partial charge in [-0.25, -0.2) is 4.98 Å². The molecule has 1 aromatic carbocycles. The molecule has 1 aliphatic rings. The highest BCUT2D eigenvalue weighted by atomic mass is 127. The normalized spacial score (nSPS) is 16.5. The number of thiazole rings is 1. The molecule has 2 heterocycles. The molecule has 0 bridgehead atoms. The maximum absolute atomic E-state index is 5.63. The molecule has 0 radical (unpaired) electrons. The fraction of sp³-hybridized carbons (Fsp3) is 0.500. The van der Waals surface area contributed by atoms with Gasteiger partial charge in [-0.1, -0.05) is 30.3 Å². The Labute approximate surface area is 183 Å². The van der Waals surface area contributed by atoms with E-state index in [9.17, 15) is 0 Å². The van der Waals surface area contributed by atoms with Crippen molar-refractivity contribution in [2.24, 2.45) is 4.99 Å². The van der Waals surface area contributed by atoms with Crippen LogP contribution in [0.25, 0.3) is 0 Å². The number of aliphatic imine (C=N–C) groups is 1. The first-order chi connectivity index (χ1) is 12.6. The second kappa shape index (κ2) is 10.4. The Hall–Kier alpha value is -1.19. The number of rotatable bonds is 5. The van der Waals surface area contributed by atoms with Gasteiger partial charge in [0.2, 0.25) is 0 Å². The molecule has 1 aliphatic heterocycles. The van der Waals surface area contributed by atoms with E-state index in [4.69, 9.17) is 4.74 Å². The lowest BCUT2D eigenvalue weighted by atomic mass is 9.74. The van der Waals surface area contributed by atoms with Crippen LogP contribution < -0.4 is 5.32 Å². The molecule has 148 valence electrons. The molecule has 3 rings (SSSR count). The summed E-state index contributed by atoms with van der Waals surface area (Å²) < 4.78 is 5.63. The zero-order valence-electron chi connectivity index (χ0n) is 16.3. The predicted octanol–water partition coefficient (Wildman–Crippen LogP) is 3.83. The maximum Gasteiger partial charge on any atom is 0.193 e. The second-order valence-electron chi connectivity index (χ2n) is 6.87. The summed E-state index contributed by atoms with van der Waals surface area (Å²) in [7, 11) is 3.90. The van der Waals surface area contributed by atoms with Crippen LogP contribution in [0.3, 0.4) is 0 Å². The molecule has 5 nitrogen and oxygen atoms in total. The largest absolute Gasteiger partial charge is 0.381 e. The van der Waals surface area contributed by atoms with Gasteiger partial charge in [0, 0.05) is 44.6 Å². The van der Waals surface area contributed by atoms with Crippen molar-refractivity contribution in [1.29, 1.82) is 0 Å². The van der Waals surface area contributed by atoms with Crippen molar-refractivity contribution in [3.05, 3.63) is 52.0 Å². The highest BCUT2D eigenvalue weighted by Gasteiger charge is 2.34. The Balaban J connectivity index is 0.00000261. The van der Waals surface area contributed by atoms with E-state index in [1.165, 1.54) is 5.56 Å². The Kier molecular flexibility index (Phi) is 8.50. The number of hydrogen-bond donors (Lipinski definition) is 1. The van der Waals surface area contributed by atoms with Crippen LogP contribution >= 0.6 is 35.3 Å². The summed E-state index contributed by atoms with van der Waals surface area (Å²) in [5, 5.41) is 6.81. The van der Waals surface area contributed by atoms with Crippen molar-refractivity contribution in [3.8, 4) is 0 Å². The van der Waals surface area contributed by atoms with E-state index in [2.05, 4.69) is 63.0 Å². The Morgan fingerprint density at radius 3 is 2.59 bits per heavy atom. The Morgan fingerprint density at radius 2 is 2.00 bits per heavy atom. The second-order valence-corrected chi connectivity index (χ2v) is 7.94. The minimum Gasteiger partial charge on any atom is -0.381 e. The number of nitrogens with zero attached hydrogens (tertiary/aromatic N) is 3. The van der Waals surface area contributed by atoms with Gasteiger partial charge in [-0.3, -0.25) is 4.99 Å². The van der Waals surface area contributed by atoms with Crippen molar-refractivity contribution >= 4 is 41.3 Å². The van der Waals surface area contributed by atoms with Crippen molar-refractivity contribution < 1.29 is 4.74 Å². The smallest absolute Gasteiger partial charge is 0.193 e. The van der Waals surface area contributed by atoms with Gasteiger partial charge in [-0.05, 0) is 25.3 Å². The molecule has 2 aromatic rings. The lowest BCUT2D eigenvalue weighted by Crippen LogP contribution is -2.48. The van der Waals surface area contributed by atoms with E-state index in [-0.39, 0.29) is 29.4 Å². The molecular weight excluding hydrogens is 471 g/mol. The molecule has 1 fully saturated rings. The van der Waals surface area contributed by atoms with E-state index in [1.54, 1.807) is 11.3 Å². The molecule has 0 unspecified atom stereocenters. The third-order valence-corrected chi connectivity index (χ3v) is 5.88. The highest BCUT2D eigenvalue weighted by Crippen LogP contribution is 2.34. The van der Waals surface area contributed by atoms with E-state index >= 15 is 0 Å². The van der Waals surface area contributed by atoms with Crippen LogP contribution in [0.1, 0.15) is 29.1 Å². The zero-order valence-corrected chi connectivity index (χ0v) is 19.4. The molecule has 7 heteroatoms. The molecular formula is C20H29IN4OS. The summed E-state index contributed by atoms with van der Waals surface area (Å²) in [5.74, 6) is 0.900. The van der Waals surface area contributed by atoms with Crippen molar-refractivity contribution in [3.63, 3.8) is 0 Å². The first-order valence-corrected chi connectivity index (χ1v) is 9.97. The summed E-state index contributed by atoms with van der Waals surface area (Å²) >= 11 is 1.69. The lowest BCUT2D eigenvalue weighted by Gasteiger charge is -2.39. The number of ether oxygens (including phenoxy) is 1. The minimum atomic E-state index is 0. The highest BCUT2D eigenvalue weighted by molar-refractivity contribution is 14.0. The molecule has 0 saturated carbocycles. The van der Waals surface area contributed by atoms with E-state index in [1.807, 2.05) is 14.0 Å². The molecule has 1 N–H and O–H groups in total. The number of hydrogen-bond acceptors (Lipinski definition) is 4. The summed E-state index contributed by atoms with van der Waals surface area (Å²) in [4.78, 5) is 11.2. The van der Waals surface area contributed by atoms with Gasteiger partial charge in [-0.15, -0.1) is 35.3 Å². The zero-order chi connectivity index (χ0) is 18.4. The SMILES string of the molecule is CN=C(NCC1(c2ccccc2)CCOCC1)N(C)Cc1csc(C)n1.I. The van der Waals surface area contributed by atoms with Crippen LogP contribution in [0.2, 0.25) is 0 Å². The standard InChI is InChI=1S/C20H28N4OS.HI/c1-16-23-18(14-26-16)13-24(3)19(21-2)22-15-20(9-11-25-12-10-20)17-7-5-4-6-8-17;/h4-8,14H,9-13,15H2,1-3H3,(H,21,22);1H.